The number of para-hydroxylation sites is 1. The van der Waals surface area contributed by atoms with E-state index in [1.807, 2.05) is 48.5 Å². The van der Waals surface area contributed by atoms with E-state index in [1.165, 1.54) is 7.11 Å². The molecule has 1 unspecified atom stereocenters. The maximum Gasteiger partial charge on any atom is 0.305 e. The topological polar surface area (TPSA) is 79.8 Å². The lowest BCUT2D eigenvalue weighted by molar-refractivity contribution is -0.140. The summed E-state index contributed by atoms with van der Waals surface area (Å²) in [4.78, 5) is 28.2. The molecule has 0 saturated heterocycles. The van der Waals surface area contributed by atoms with Gasteiger partial charge in [0.05, 0.1) is 18.8 Å². The number of hydrogen-bond acceptors (Lipinski definition) is 6. The number of benzene rings is 2. The highest BCUT2D eigenvalue weighted by atomic mass is 35.5. The number of hydrogen-bond donors (Lipinski definition) is 2. The van der Waals surface area contributed by atoms with Crippen LogP contribution in [0.5, 0.6) is 0 Å². The first-order chi connectivity index (χ1) is 13.1. The molecule has 1 aliphatic heterocycles. The van der Waals surface area contributed by atoms with Crippen molar-refractivity contribution in [2.45, 2.75) is 25.3 Å². The fourth-order valence-corrected chi connectivity index (χ4v) is 2.99. The molecule has 0 amide bonds. The van der Waals surface area contributed by atoms with Gasteiger partial charge in [0.2, 0.25) is 0 Å². The van der Waals surface area contributed by atoms with Gasteiger partial charge in [0.25, 0.3) is 0 Å². The Hall–Kier alpha value is -2.70. The number of rotatable bonds is 6. The number of nitrogens with one attached hydrogen (secondary N) is 2. The highest BCUT2D eigenvalue weighted by Crippen LogP contribution is 2.32. The molecule has 0 aliphatic carbocycles. The van der Waals surface area contributed by atoms with E-state index in [9.17, 15) is 9.59 Å². The van der Waals surface area contributed by atoms with E-state index in [1.54, 1.807) is 0 Å². The summed E-state index contributed by atoms with van der Waals surface area (Å²) in [5.41, 5.74) is 8.78. The number of ketones is 1. The fraction of sp³-hybridized carbons (Fsp3) is 0.250. The number of hydrazine groups is 1. The summed E-state index contributed by atoms with van der Waals surface area (Å²) < 4.78 is 4.60. The van der Waals surface area contributed by atoms with Gasteiger partial charge in [-0.3, -0.25) is 9.59 Å². The van der Waals surface area contributed by atoms with Gasteiger partial charge >= 0.3 is 5.97 Å². The number of carbonyl (C=O) groups excluding carboxylic acids is 2. The van der Waals surface area contributed by atoms with Crippen molar-refractivity contribution < 1.29 is 14.3 Å². The summed E-state index contributed by atoms with van der Waals surface area (Å²) >= 11 is 5.99. The van der Waals surface area contributed by atoms with Gasteiger partial charge in [-0.05, 0) is 30.2 Å². The highest BCUT2D eigenvalue weighted by molar-refractivity contribution is 6.39. The van der Waals surface area contributed by atoms with Crippen molar-refractivity contribution in [3.05, 3.63) is 64.7 Å². The van der Waals surface area contributed by atoms with Crippen LogP contribution in [0.1, 0.15) is 36.4 Å². The van der Waals surface area contributed by atoms with E-state index in [2.05, 4.69) is 20.6 Å². The number of halogens is 1. The minimum absolute atomic E-state index is 0.169. The largest absolute Gasteiger partial charge is 0.469 e. The van der Waals surface area contributed by atoms with E-state index >= 15 is 0 Å². The number of Topliss-reactive ketones (excluding diaryl/α,β-unsaturated/α-hetero) is 1. The molecule has 0 saturated carbocycles. The third-order valence-electron chi connectivity index (χ3n) is 4.29. The Labute approximate surface area is 162 Å². The minimum atomic E-state index is -0.329. The number of methoxy groups -OCH3 is 1. The Morgan fingerprint density at radius 3 is 2.59 bits per heavy atom. The van der Waals surface area contributed by atoms with Crippen LogP contribution in [0.4, 0.5) is 5.69 Å². The van der Waals surface area contributed by atoms with Crippen molar-refractivity contribution in [1.29, 1.82) is 0 Å². The molecule has 2 aromatic rings. The van der Waals surface area contributed by atoms with Crippen molar-refractivity contribution in [3.8, 4) is 0 Å². The molecule has 0 aromatic heterocycles. The van der Waals surface area contributed by atoms with Crippen LogP contribution >= 0.6 is 11.6 Å². The zero-order valence-electron chi connectivity index (χ0n) is 14.9. The molecule has 3 rings (SSSR count). The molecular weight excluding hydrogens is 366 g/mol. The summed E-state index contributed by atoms with van der Waals surface area (Å²) in [6.07, 6.45) is 0.817. The maximum atomic E-state index is 12.5. The smallest absolute Gasteiger partial charge is 0.305 e. The number of esters is 1. The second-order valence-electron chi connectivity index (χ2n) is 6.13. The van der Waals surface area contributed by atoms with Gasteiger partial charge < -0.3 is 10.2 Å². The van der Waals surface area contributed by atoms with Gasteiger partial charge in [-0.2, -0.15) is 0 Å². The number of ether oxygens (including phenoxy) is 1. The Kier molecular flexibility index (Phi) is 6.21. The normalized spacial score (nSPS) is 15.8. The van der Waals surface area contributed by atoms with Crippen molar-refractivity contribution in [3.63, 3.8) is 0 Å². The molecule has 0 fully saturated rings. The van der Waals surface area contributed by atoms with Crippen LogP contribution < -0.4 is 10.9 Å². The molecule has 2 aromatic carbocycles. The van der Waals surface area contributed by atoms with E-state index in [0.29, 0.717) is 17.1 Å². The lowest BCUT2D eigenvalue weighted by Crippen LogP contribution is -2.42. The van der Waals surface area contributed by atoms with Gasteiger partial charge in [-0.1, -0.05) is 41.9 Å². The van der Waals surface area contributed by atoms with Crippen molar-refractivity contribution in [2.75, 3.05) is 7.11 Å². The Bertz CT molecular complexity index is 865. The highest BCUT2D eigenvalue weighted by Gasteiger charge is 2.23. The van der Waals surface area contributed by atoms with Gasteiger partial charge in [0.1, 0.15) is 0 Å². The first-order valence-corrected chi connectivity index (χ1v) is 9.01. The summed E-state index contributed by atoms with van der Waals surface area (Å²) in [5, 5.41) is 0.659. The lowest BCUT2D eigenvalue weighted by atomic mass is 9.98. The molecule has 1 atom stereocenters. The van der Waals surface area contributed by atoms with E-state index < -0.39 is 0 Å². The summed E-state index contributed by atoms with van der Waals surface area (Å²) in [5.74, 6) is -0.272. The number of carbonyl (C=O) groups is 2. The molecule has 1 heterocycles. The predicted octanol–water partition coefficient (Wildman–Crippen LogP) is 3.48. The molecule has 7 heteroatoms. The average Bonchev–Trinajstić information content (AvgIpc) is 2.88. The van der Waals surface area contributed by atoms with Crippen LogP contribution in [0.2, 0.25) is 5.02 Å². The van der Waals surface area contributed by atoms with Gasteiger partial charge in [-0.25, -0.2) is 10.4 Å². The maximum absolute atomic E-state index is 12.5. The number of nitrogens with zero attached hydrogens (tertiary/aromatic N) is 1. The Balaban J connectivity index is 1.80. The van der Waals surface area contributed by atoms with Crippen molar-refractivity contribution >= 4 is 34.9 Å². The third-order valence-corrected chi connectivity index (χ3v) is 4.55. The third kappa shape index (κ3) is 4.72. The average molecular weight is 386 g/mol. The lowest BCUT2D eigenvalue weighted by Gasteiger charge is -2.19. The van der Waals surface area contributed by atoms with Crippen molar-refractivity contribution in [2.24, 2.45) is 4.99 Å². The molecule has 27 heavy (non-hydrogen) atoms. The van der Waals surface area contributed by atoms with Crippen LogP contribution in [-0.2, 0) is 14.3 Å². The molecule has 0 bridgehead atoms. The predicted molar refractivity (Wildman–Crippen MR) is 104 cm³/mol. The number of aliphatic imine (C=N–C) groups is 1. The zero-order valence-corrected chi connectivity index (χ0v) is 15.6. The quantitative estimate of drug-likeness (QED) is 0.744. The summed E-state index contributed by atoms with van der Waals surface area (Å²) in [6.45, 7) is 0. The molecule has 1 aliphatic rings. The Morgan fingerprint density at radius 2 is 1.85 bits per heavy atom. The standard InChI is InChI=1S/C20H20ClN3O3/c1-27-18(26)8-4-7-17(25)20-22-16-6-3-2-5-15(16)19(23-24-20)13-9-11-14(21)12-10-13/h2-3,5-6,9-12,19,23H,4,7-8H2,1H3,(H,22,24). The Morgan fingerprint density at radius 1 is 1.11 bits per heavy atom. The van der Waals surface area contributed by atoms with Crippen LogP contribution in [-0.4, -0.2) is 24.7 Å². The van der Waals surface area contributed by atoms with Gasteiger partial charge in [0, 0.05) is 23.4 Å². The van der Waals surface area contributed by atoms with Gasteiger partial charge in [0.15, 0.2) is 11.6 Å². The summed E-state index contributed by atoms with van der Waals surface area (Å²) in [7, 11) is 1.33. The number of amidine groups is 1. The minimum Gasteiger partial charge on any atom is -0.469 e. The van der Waals surface area contributed by atoms with Crippen molar-refractivity contribution in [1.82, 2.24) is 10.9 Å². The molecule has 2 N–H and O–H groups in total. The first kappa shape index (κ1) is 19.1. The van der Waals surface area contributed by atoms with E-state index in [0.717, 1.165) is 11.1 Å². The molecule has 0 spiro atoms. The van der Waals surface area contributed by atoms with Crippen LogP contribution in [0, 0.1) is 0 Å². The SMILES string of the molecule is COC(=O)CCCC(=O)C1=Nc2ccccc2C(c2ccc(Cl)cc2)NN1. The van der Waals surface area contributed by atoms with Crippen LogP contribution in [0.15, 0.2) is 53.5 Å². The first-order valence-electron chi connectivity index (χ1n) is 8.63. The second kappa shape index (κ2) is 8.79. The van der Waals surface area contributed by atoms with Crippen LogP contribution in [0.3, 0.4) is 0 Å². The summed E-state index contributed by atoms with van der Waals surface area (Å²) in [6, 6.07) is 15.0. The molecule has 0 radical (unpaired) electrons. The molecule has 140 valence electrons. The van der Waals surface area contributed by atoms with Crippen LogP contribution in [0.25, 0.3) is 0 Å². The monoisotopic (exact) mass is 385 g/mol. The number of fused-ring (bicyclic) bond motifs is 1. The van der Waals surface area contributed by atoms with E-state index in [-0.39, 0.29) is 36.5 Å². The zero-order chi connectivity index (χ0) is 19.2. The molecule has 6 nitrogen and oxygen atoms in total. The fourth-order valence-electron chi connectivity index (χ4n) is 2.86. The van der Waals surface area contributed by atoms with E-state index in [4.69, 9.17) is 11.6 Å². The molecular formula is C20H20ClN3O3. The van der Waals surface area contributed by atoms with Gasteiger partial charge in [-0.15, -0.1) is 0 Å². The second-order valence-corrected chi connectivity index (χ2v) is 6.56.